The first-order valence-corrected chi connectivity index (χ1v) is 12.3. The van der Waals surface area contributed by atoms with E-state index in [0.29, 0.717) is 34.9 Å². The highest BCUT2D eigenvalue weighted by molar-refractivity contribution is 5.91. The average molecular weight is 549 g/mol. The van der Waals surface area contributed by atoms with Gasteiger partial charge in [0, 0.05) is 12.6 Å². The molecule has 1 unspecified atom stereocenters. The number of ether oxygens (including phenoxy) is 3. The summed E-state index contributed by atoms with van der Waals surface area (Å²) in [4.78, 5) is 27.2. The summed E-state index contributed by atoms with van der Waals surface area (Å²) in [5, 5.41) is 9.25. The van der Waals surface area contributed by atoms with Gasteiger partial charge in [-0.25, -0.2) is 18.4 Å². The molecule has 8 nitrogen and oxygen atoms in total. The summed E-state index contributed by atoms with van der Waals surface area (Å²) in [6, 6.07) is 19.8. The number of nitrogens with zero attached hydrogens (tertiary/aromatic N) is 1. The minimum absolute atomic E-state index is 0.0297. The minimum Gasteiger partial charge on any atom is -0.479 e. The standard InChI is InChI=1S/C30H26F2N2O6/c1-3-26(29(35)36)40-28-25(32)15-24(31)27(34-28)39-23-13-21(18-7-4-6-17(10-18)16-33)12-22(14-23)19-8-5-9-20(11-19)30(37)38-2/h4-15,26H,3,16,33H2,1-2H3,(H,35,36). The van der Waals surface area contributed by atoms with Gasteiger partial charge < -0.3 is 25.1 Å². The monoisotopic (exact) mass is 548 g/mol. The smallest absolute Gasteiger partial charge is 0.344 e. The largest absolute Gasteiger partial charge is 0.479 e. The number of hydrogen-bond acceptors (Lipinski definition) is 7. The number of pyridine rings is 1. The van der Waals surface area contributed by atoms with Crippen molar-refractivity contribution < 1.29 is 37.7 Å². The highest BCUT2D eigenvalue weighted by atomic mass is 19.1. The van der Waals surface area contributed by atoms with Crippen LogP contribution in [0.5, 0.6) is 17.5 Å². The first-order chi connectivity index (χ1) is 19.2. The molecule has 10 heteroatoms. The number of rotatable bonds is 10. The van der Waals surface area contributed by atoms with Gasteiger partial charge in [-0.1, -0.05) is 37.3 Å². The summed E-state index contributed by atoms with van der Waals surface area (Å²) in [5.74, 6) is -5.29. The van der Waals surface area contributed by atoms with E-state index >= 15 is 0 Å². The highest BCUT2D eigenvalue weighted by Gasteiger charge is 2.23. The van der Waals surface area contributed by atoms with Gasteiger partial charge in [-0.2, -0.15) is 4.98 Å². The third-order valence-corrected chi connectivity index (χ3v) is 6.00. The van der Waals surface area contributed by atoms with Crippen LogP contribution in [0.4, 0.5) is 8.78 Å². The summed E-state index contributed by atoms with van der Waals surface area (Å²) >= 11 is 0. The van der Waals surface area contributed by atoms with E-state index in [9.17, 15) is 23.5 Å². The molecule has 0 spiro atoms. The molecule has 0 aliphatic carbocycles. The van der Waals surface area contributed by atoms with Crippen LogP contribution in [-0.4, -0.2) is 35.2 Å². The van der Waals surface area contributed by atoms with E-state index in [1.807, 2.05) is 30.3 Å². The number of aliphatic carboxylic acids is 1. The lowest BCUT2D eigenvalue weighted by Gasteiger charge is -2.15. The van der Waals surface area contributed by atoms with Crippen LogP contribution < -0.4 is 15.2 Å². The van der Waals surface area contributed by atoms with E-state index in [1.165, 1.54) is 7.11 Å². The van der Waals surface area contributed by atoms with Crippen molar-refractivity contribution in [1.29, 1.82) is 0 Å². The second-order valence-electron chi connectivity index (χ2n) is 8.74. The summed E-state index contributed by atoms with van der Waals surface area (Å²) in [6.07, 6.45) is -1.35. The Morgan fingerprint density at radius 3 is 2.17 bits per heavy atom. The fourth-order valence-corrected chi connectivity index (χ4v) is 3.96. The zero-order valence-electron chi connectivity index (χ0n) is 21.7. The van der Waals surface area contributed by atoms with Gasteiger partial charge in [0.05, 0.1) is 12.7 Å². The number of carbonyl (C=O) groups excluding carboxylic acids is 1. The number of hydrogen-bond donors (Lipinski definition) is 2. The molecular weight excluding hydrogens is 522 g/mol. The van der Waals surface area contributed by atoms with Gasteiger partial charge in [-0.15, -0.1) is 0 Å². The lowest BCUT2D eigenvalue weighted by atomic mass is 9.96. The molecule has 1 atom stereocenters. The number of carbonyl (C=O) groups is 2. The first-order valence-electron chi connectivity index (χ1n) is 12.3. The number of nitrogens with two attached hydrogens (primary N) is 1. The number of methoxy groups -OCH3 is 1. The molecule has 206 valence electrons. The van der Waals surface area contributed by atoms with Crippen molar-refractivity contribution in [3.8, 4) is 39.8 Å². The van der Waals surface area contributed by atoms with Gasteiger partial charge in [0.1, 0.15) is 5.75 Å². The lowest BCUT2D eigenvalue weighted by Crippen LogP contribution is -2.26. The molecule has 0 radical (unpaired) electrons. The Bertz CT molecular complexity index is 1560. The number of benzene rings is 3. The maximum Gasteiger partial charge on any atom is 0.344 e. The molecule has 3 aromatic carbocycles. The molecule has 0 aliphatic rings. The number of carboxylic acids is 1. The second kappa shape index (κ2) is 12.4. The molecule has 0 fully saturated rings. The zero-order valence-corrected chi connectivity index (χ0v) is 21.7. The lowest BCUT2D eigenvalue weighted by molar-refractivity contribution is -0.145. The van der Waals surface area contributed by atoms with E-state index in [-0.39, 0.29) is 12.2 Å². The molecule has 0 saturated heterocycles. The number of halogens is 2. The van der Waals surface area contributed by atoms with Crippen molar-refractivity contribution in [2.75, 3.05) is 7.11 Å². The fraction of sp³-hybridized carbons (Fsp3) is 0.167. The Hall–Kier alpha value is -4.83. The van der Waals surface area contributed by atoms with Crippen LogP contribution in [0, 0.1) is 11.6 Å². The van der Waals surface area contributed by atoms with Crippen LogP contribution in [0.25, 0.3) is 22.3 Å². The Balaban J connectivity index is 1.81. The second-order valence-corrected chi connectivity index (χ2v) is 8.74. The van der Waals surface area contributed by atoms with Gasteiger partial charge in [-0.05, 0) is 70.6 Å². The molecule has 4 rings (SSSR count). The van der Waals surface area contributed by atoms with Gasteiger partial charge in [0.2, 0.25) is 0 Å². The van der Waals surface area contributed by atoms with Crippen LogP contribution in [0.2, 0.25) is 0 Å². The Kier molecular flexibility index (Phi) is 8.70. The number of carboxylic acid groups (broad SMARTS) is 1. The molecule has 3 N–H and O–H groups in total. The fourth-order valence-electron chi connectivity index (χ4n) is 3.96. The third-order valence-electron chi connectivity index (χ3n) is 6.00. The van der Waals surface area contributed by atoms with Crippen molar-refractivity contribution in [3.05, 3.63) is 95.6 Å². The summed E-state index contributed by atoms with van der Waals surface area (Å²) in [7, 11) is 1.29. The summed E-state index contributed by atoms with van der Waals surface area (Å²) < 4.78 is 44.9. The number of esters is 1. The highest BCUT2D eigenvalue weighted by Crippen LogP contribution is 2.35. The van der Waals surface area contributed by atoms with Crippen molar-refractivity contribution >= 4 is 11.9 Å². The van der Waals surface area contributed by atoms with Crippen LogP contribution >= 0.6 is 0 Å². The average Bonchev–Trinajstić information content (AvgIpc) is 2.97. The summed E-state index contributed by atoms with van der Waals surface area (Å²) in [6.45, 7) is 1.86. The van der Waals surface area contributed by atoms with E-state index in [0.717, 1.165) is 11.1 Å². The van der Waals surface area contributed by atoms with Crippen molar-refractivity contribution in [1.82, 2.24) is 4.98 Å². The molecule has 0 amide bonds. The van der Waals surface area contributed by atoms with E-state index < -0.39 is 41.4 Å². The van der Waals surface area contributed by atoms with E-state index in [4.69, 9.17) is 19.9 Å². The van der Waals surface area contributed by atoms with Crippen molar-refractivity contribution in [2.24, 2.45) is 5.73 Å². The normalized spacial score (nSPS) is 11.5. The van der Waals surface area contributed by atoms with Crippen molar-refractivity contribution in [3.63, 3.8) is 0 Å². The Labute approximate surface area is 229 Å². The Morgan fingerprint density at radius 1 is 0.900 bits per heavy atom. The topological polar surface area (TPSA) is 121 Å². The molecular formula is C30H26F2N2O6. The van der Waals surface area contributed by atoms with Gasteiger partial charge in [0.15, 0.2) is 17.7 Å². The van der Waals surface area contributed by atoms with E-state index in [2.05, 4.69) is 4.98 Å². The molecule has 4 aromatic rings. The third kappa shape index (κ3) is 6.41. The zero-order chi connectivity index (χ0) is 28.8. The predicted octanol–water partition coefficient (Wildman–Crippen LogP) is 5.97. The SMILES string of the molecule is CCC(Oc1nc(Oc2cc(-c3cccc(CN)c3)cc(-c3cccc(C(=O)OC)c3)c2)c(F)cc1F)C(=O)O. The van der Waals surface area contributed by atoms with Crippen LogP contribution in [0.15, 0.2) is 72.8 Å². The molecule has 1 heterocycles. The molecule has 0 aliphatic heterocycles. The number of aromatic nitrogens is 1. The predicted molar refractivity (Wildman–Crippen MR) is 143 cm³/mol. The van der Waals surface area contributed by atoms with Crippen LogP contribution in [-0.2, 0) is 16.1 Å². The van der Waals surface area contributed by atoms with Crippen LogP contribution in [0.1, 0.15) is 29.3 Å². The summed E-state index contributed by atoms with van der Waals surface area (Å²) in [5.41, 5.74) is 9.77. The first kappa shape index (κ1) is 28.2. The molecule has 40 heavy (non-hydrogen) atoms. The van der Waals surface area contributed by atoms with Gasteiger partial charge in [-0.3, -0.25) is 0 Å². The maximum atomic E-state index is 14.8. The van der Waals surface area contributed by atoms with Gasteiger partial charge >= 0.3 is 11.9 Å². The molecule has 0 bridgehead atoms. The van der Waals surface area contributed by atoms with Gasteiger partial charge in [0.25, 0.3) is 11.8 Å². The minimum atomic E-state index is -1.38. The maximum absolute atomic E-state index is 14.8. The Morgan fingerprint density at radius 2 is 1.55 bits per heavy atom. The van der Waals surface area contributed by atoms with Crippen molar-refractivity contribution in [2.45, 2.75) is 26.0 Å². The molecule has 0 saturated carbocycles. The van der Waals surface area contributed by atoms with Crippen LogP contribution in [0.3, 0.4) is 0 Å². The van der Waals surface area contributed by atoms with E-state index in [1.54, 1.807) is 43.3 Å². The molecule has 1 aromatic heterocycles. The quantitative estimate of drug-likeness (QED) is 0.233.